The Morgan fingerprint density at radius 3 is 1.60 bits per heavy atom. The van der Waals surface area contributed by atoms with Crippen molar-refractivity contribution in [3.8, 4) is 0 Å². The molecule has 0 rings (SSSR count). The van der Waals surface area contributed by atoms with Crippen LogP contribution in [0.5, 0.6) is 0 Å². The van der Waals surface area contributed by atoms with Gasteiger partial charge in [-0.15, -0.1) is 0 Å². The van der Waals surface area contributed by atoms with Gasteiger partial charge in [0.2, 0.25) is 0 Å². The van der Waals surface area contributed by atoms with Crippen molar-refractivity contribution in [1.82, 2.24) is 0 Å². The van der Waals surface area contributed by atoms with E-state index in [9.17, 15) is 10.4 Å². The minimum Gasteiger partial charge on any atom is -0.792 e. The van der Waals surface area contributed by atoms with Crippen molar-refractivity contribution in [2.24, 2.45) is 10.3 Å². The van der Waals surface area contributed by atoms with Crippen molar-refractivity contribution < 1.29 is 21.1 Å². The van der Waals surface area contributed by atoms with Crippen LogP contribution < -0.4 is 0 Å². The molecule has 0 aromatic carbocycles. The maximum Gasteiger partial charge on any atom is 2.00 e. The molecule has 60 valence electrons. The van der Waals surface area contributed by atoms with Crippen molar-refractivity contribution >= 4 is 11.4 Å². The third-order valence-electron chi connectivity index (χ3n) is 0.823. The van der Waals surface area contributed by atoms with Crippen LogP contribution in [0, 0.1) is 10.4 Å². The largest absolute Gasteiger partial charge is 2.00 e. The molecule has 0 N–H and O–H groups in total. The van der Waals surface area contributed by atoms with Gasteiger partial charge in [-0.25, -0.2) is 0 Å². The molecule has 0 aromatic heterocycles. The average Bonchev–Trinajstić information content (AvgIpc) is 1.87. The molecule has 4 nitrogen and oxygen atoms in total. The fourth-order valence-corrected chi connectivity index (χ4v) is 0.435. The zero-order chi connectivity index (χ0) is 7.28. The summed E-state index contributed by atoms with van der Waals surface area (Å²) in [5, 5.41) is 24.7. The van der Waals surface area contributed by atoms with E-state index in [1.165, 1.54) is 0 Å². The summed E-state index contributed by atoms with van der Waals surface area (Å²) in [5.74, 6) is 0. The van der Waals surface area contributed by atoms with Crippen LogP contribution in [0.15, 0.2) is 10.3 Å². The molecular formula is C5H8N2O2Pt. The van der Waals surface area contributed by atoms with Gasteiger partial charge in [0.25, 0.3) is 0 Å². The Kier molecular flexibility index (Phi) is 8.31. The van der Waals surface area contributed by atoms with Crippen LogP contribution >= 0.6 is 0 Å². The van der Waals surface area contributed by atoms with Crippen molar-refractivity contribution in [3.05, 3.63) is 10.4 Å². The second-order valence-electron chi connectivity index (χ2n) is 1.83. The Morgan fingerprint density at radius 2 is 1.40 bits per heavy atom. The number of hydrogen-bond acceptors (Lipinski definition) is 4. The second kappa shape index (κ2) is 6.74. The van der Waals surface area contributed by atoms with Crippen molar-refractivity contribution in [1.29, 1.82) is 0 Å². The zero-order valence-corrected chi connectivity index (χ0v) is 8.01. The fourth-order valence-electron chi connectivity index (χ4n) is 0.435. The number of rotatable bonds is 2. The molecule has 0 radical (unpaired) electrons. The van der Waals surface area contributed by atoms with E-state index in [2.05, 4.69) is 10.3 Å². The van der Waals surface area contributed by atoms with Crippen LogP contribution in [-0.4, -0.2) is 11.4 Å². The molecule has 0 heterocycles. The maximum atomic E-state index is 9.71. The zero-order valence-electron chi connectivity index (χ0n) is 5.73. The first-order chi connectivity index (χ1) is 4.20. The Morgan fingerprint density at radius 1 is 1.10 bits per heavy atom. The van der Waals surface area contributed by atoms with Gasteiger partial charge < -0.3 is 20.7 Å². The smallest absolute Gasteiger partial charge is 0.792 e. The van der Waals surface area contributed by atoms with Crippen molar-refractivity contribution in [3.63, 3.8) is 0 Å². The number of hydrogen-bond donors (Lipinski definition) is 0. The van der Waals surface area contributed by atoms with Gasteiger partial charge in [-0.2, -0.15) is 0 Å². The molecule has 0 atom stereocenters. The first-order valence-corrected chi connectivity index (χ1v) is 2.52. The van der Waals surface area contributed by atoms with Crippen LogP contribution in [0.3, 0.4) is 0 Å². The van der Waals surface area contributed by atoms with E-state index in [1.807, 2.05) is 0 Å². The molecule has 0 unspecified atom stereocenters. The van der Waals surface area contributed by atoms with E-state index in [0.717, 1.165) is 0 Å². The van der Waals surface area contributed by atoms with Gasteiger partial charge in [0.15, 0.2) is 0 Å². The van der Waals surface area contributed by atoms with Crippen LogP contribution in [0.25, 0.3) is 0 Å². The monoisotopic (exact) mass is 323 g/mol. The maximum absolute atomic E-state index is 9.71. The normalized spacial score (nSPS) is 12.6. The van der Waals surface area contributed by atoms with Gasteiger partial charge in [-0.05, 0) is 13.8 Å². The SMILES string of the molecule is CC(CC(C)=N[O-])=N[O-].[Pt+2]. The molecule has 0 saturated heterocycles. The molecule has 5 heteroatoms. The fraction of sp³-hybridized carbons (Fsp3) is 0.600. The van der Waals surface area contributed by atoms with Gasteiger partial charge >= 0.3 is 21.1 Å². The predicted molar refractivity (Wildman–Crippen MR) is 37.6 cm³/mol. The van der Waals surface area contributed by atoms with Crippen LogP contribution in [0.4, 0.5) is 0 Å². The third-order valence-corrected chi connectivity index (χ3v) is 0.823. The van der Waals surface area contributed by atoms with E-state index in [1.54, 1.807) is 13.8 Å². The first-order valence-electron chi connectivity index (χ1n) is 2.52. The summed E-state index contributed by atoms with van der Waals surface area (Å²) < 4.78 is 0. The topological polar surface area (TPSA) is 70.8 Å². The second-order valence-corrected chi connectivity index (χ2v) is 1.83. The molecule has 0 aliphatic heterocycles. The van der Waals surface area contributed by atoms with E-state index in [0.29, 0.717) is 11.4 Å². The van der Waals surface area contributed by atoms with Crippen LogP contribution in [0.1, 0.15) is 20.3 Å². The van der Waals surface area contributed by atoms with Crippen LogP contribution in [0.2, 0.25) is 0 Å². The average molecular weight is 323 g/mol. The molecule has 0 saturated carbocycles. The Bertz CT molecular complexity index is 129. The minimum absolute atomic E-state index is 0. The summed E-state index contributed by atoms with van der Waals surface area (Å²) >= 11 is 0. The third kappa shape index (κ3) is 5.76. The summed E-state index contributed by atoms with van der Waals surface area (Å²) in [5.41, 5.74) is 0.763. The van der Waals surface area contributed by atoms with Crippen molar-refractivity contribution in [2.75, 3.05) is 0 Å². The summed E-state index contributed by atoms with van der Waals surface area (Å²) in [4.78, 5) is 0. The van der Waals surface area contributed by atoms with Gasteiger partial charge in [-0.3, -0.25) is 0 Å². The molecule has 0 aromatic rings. The summed E-state index contributed by atoms with van der Waals surface area (Å²) in [6, 6.07) is 0. The Hall–Kier alpha value is -0.372. The predicted octanol–water partition coefficient (Wildman–Crippen LogP) is 1.29. The number of nitrogens with zero attached hydrogens (tertiary/aromatic N) is 2. The molecule has 10 heavy (non-hydrogen) atoms. The summed E-state index contributed by atoms with van der Waals surface area (Å²) in [6.07, 6.45) is 0.285. The van der Waals surface area contributed by atoms with Gasteiger partial charge in [0, 0.05) is 17.8 Å². The summed E-state index contributed by atoms with van der Waals surface area (Å²) in [6.45, 7) is 3.11. The summed E-state index contributed by atoms with van der Waals surface area (Å²) in [7, 11) is 0. The van der Waals surface area contributed by atoms with E-state index < -0.39 is 0 Å². The van der Waals surface area contributed by atoms with Gasteiger partial charge in [0.1, 0.15) is 0 Å². The van der Waals surface area contributed by atoms with Crippen molar-refractivity contribution in [2.45, 2.75) is 20.3 Å². The molecule has 0 amide bonds. The van der Waals surface area contributed by atoms with Gasteiger partial charge in [0.05, 0.1) is 0 Å². The molecule has 0 spiro atoms. The minimum atomic E-state index is 0. The van der Waals surface area contributed by atoms with E-state index in [4.69, 9.17) is 0 Å². The quantitative estimate of drug-likeness (QED) is 0.567. The molecule has 0 aliphatic rings. The van der Waals surface area contributed by atoms with Gasteiger partial charge in [-0.1, -0.05) is 0 Å². The van der Waals surface area contributed by atoms with E-state index >= 15 is 0 Å². The van der Waals surface area contributed by atoms with Crippen LogP contribution in [-0.2, 0) is 21.1 Å². The van der Waals surface area contributed by atoms with E-state index in [-0.39, 0.29) is 27.5 Å². The molecule has 0 aliphatic carbocycles. The Labute approximate surface area is 73.9 Å². The molecule has 0 fully saturated rings. The molecule has 0 bridgehead atoms. The molecular weight excluding hydrogens is 315 g/mol. The standard InChI is InChI=1S/C5H10N2O2.Pt/c1-4(6-8)3-5(2)7-9;/h8-9H,3H2,1-2H3;/q;+2/p-2. The first kappa shape index (κ1) is 12.3. The Balaban J connectivity index is 0.